The highest BCUT2D eigenvalue weighted by Crippen LogP contribution is 2.14. The summed E-state index contributed by atoms with van der Waals surface area (Å²) in [7, 11) is 0. The van der Waals surface area contributed by atoms with Crippen LogP contribution in [0.25, 0.3) is 0 Å². The average Bonchev–Trinajstić information content (AvgIpc) is 2.14. The van der Waals surface area contributed by atoms with Gasteiger partial charge in [0.15, 0.2) is 0 Å². The zero-order chi connectivity index (χ0) is 5.11. The van der Waals surface area contributed by atoms with Gasteiger partial charge in [0.05, 0.1) is 18.1 Å². The molecule has 0 spiro atoms. The molecule has 0 amide bonds. The minimum atomic E-state index is 0.560. The second-order valence-electron chi connectivity index (χ2n) is 1.15. The smallest absolute Gasteiger partial charge is 0.0855 e. The van der Waals surface area contributed by atoms with Crippen molar-refractivity contribution in [2.24, 2.45) is 4.40 Å². The van der Waals surface area contributed by atoms with Crippen molar-refractivity contribution < 1.29 is 0 Å². The lowest BCUT2D eigenvalue weighted by atomic mass is 10.7. The molecule has 7 heavy (non-hydrogen) atoms. The van der Waals surface area contributed by atoms with Gasteiger partial charge >= 0.3 is 0 Å². The molecule has 0 fully saturated rings. The zero-order valence-corrected chi connectivity index (χ0v) is 5.24. The van der Waals surface area contributed by atoms with Gasteiger partial charge in [-0.2, -0.15) is 0 Å². The fraction of sp³-hybridized carbons (Fsp3) is 0.667. The Morgan fingerprint density at radius 3 is 3.14 bits per heavy atom. The Bertz CT molecular complexity index is 77.0. The van der Waals surface area contributed by atoms with Gasteiger partial charge in [0.2, 0.25) is 0 Å². The van der Waals surface area contributed by atoms with Crippen LogP contribution in [0.1, 0.15) is 0 Å². The van der Waals surface area contributed by atoms with Gasteiger partial charge in [-0.25, -0.2) is 8.70 Å². The van der Waals surface area contributed by atoms with Crippen LogP contribution < -0.4 is 0 Å². The molecule has 1 rings (SSSR count). The molecular formula is C3H5ClN2S. The molecule has 0 aromatic rings. The van der Waals surface area contributed by atoms with E-state index in [1.165, 1.54) is 12.1 Å². The largest absolute Gasteiger partial charge is 0.211 e. The Morgan fingerprint density at radius 1 is 2.00 bits per heavy atom. The number of hydrogen-bond donors (Lipinski definition) is 0. The summed E-state index contributed by atoms with van der Waals surface area (Å²) < 4.78 is 5.81. The predicted octanol–water partition coefficient (Wildman–Crippen LogP) is 1.13. The molecule has 1 heterocycles. The van der Waals surface area contributed by atoms with Gasteiger partial charge < -0.3 is 0 Å². The maximum Gasteiger partial charge on any atom is 0.0855 e. The number of rotatable bonds is 1. The molecular weight excluding hydrogens is 132 g/mol. The van der Waals surface area contributed by atoms with Gasteiger partial charge in [-0.05, 0) is 0 Å². The number of alkyl halides is 1. The Labute approximate surface area is 51.8 Å². The highest BCUT2D eigenvalue weighted by molar-refractivity contribution is 7.96. The third-order valence-corrected chi connectivity index (χ3v) is 1.84. The molecule has 4 heteroatoms. The van der Waals surface area contributed by atoms with E-state index in [2.05, 4.69) is 4.40 Å². The lowest BCUT2D eigenvalue weighted by Crippen LogP contribution is -2.09. The van der Waals surface area contributed by atoms with Crippen LogP contribution in [0.5, 0.6) is 0 Å². The second kappa shape index (κ2) is 2.55. The molecule has 0 atom stereocenters. The van der Waals surface area contributed by atoms with Crippen LogP contribution in [-0.2, 0) is 0 Å². The maximum atomic E-state index is 5.43. The minimum absolute atomic E-state index is 0.560. The highest BCUT2D eigenvalue weighted by atomic mass is 35.5. The van der Waals surface area contributed by atoms with E-state index >= 15 is 0 Å². The molecule has 1 aliphatic rings. The van der Waals surface area contributed by atoms with Crippen molar-refractivity contribution in [3.05, 3.63) is 0 Å². The monoisotopic (exact) mass is 136 g/mol. The van der Waals surface area contributed by atoms with E-state index in [9.17, 15) is 0 Å². The molecule has 0 N–H and O–H groups in total. The summed E-state index contributed by atoms with van der Waals surface area (Å²) in [6.45, 7) is 0.883. The van der Waals surface area contributed by atoms with E-state index in [0.29, 0.717) is 6.00 Å². The first kappa shape index (κ1) is 5.41. The molecule has 0 saturated carbocycles. The summed E-state index contributed by atoms with van der Waals surface area (Å²) in [6.07, 6.45) is 1.84. The van der Waals surface area contributed by atoms with Gasteiger partial charge in [-0.15, -0.1) is 11.6 Å². The fourth-order valence-corrected chi connectivity index (χ4v) is 1.00. The van der Waals surface area contributed by atoms with Crippen LogP contribution in [0.15, 0.2) is 4.40 Å². The van der Waals surface area contributed by atoms with Crippen LogP contribution in [0.3, 0.4) is 0 Å². The average molecular weight is 137 g/mol. The van der Waals surface area contributed by atoms with Crippen molar-refractivity contribution >= 4 is 29.9 Å². The molecule has 40 valence electrons. The van der Waals surface area contributed by atoms with Gasteiger partial charge in [0.1, 0.15) is 0 Å². The SMILES string of the molecule is ClCN1CC=NS1. The van der Waals surface area contributed by atoms with Gasteiger partial charge in [-0.1, -0.05) is 0 Å². The predicted molar refractivity (Wildman–Crippen MR) is 33.5 cm³/mol. The third-order valence-electron chi connectivity index (χ3n) is 0.656. The second-order valence-corrected chi connectivity index (χ2v) is 2.28. The van der Waals surface area contributed by atoms with Crippen molar-refractivity contribution in [2.45, 2.75) is 0 Å². The molecule has 1 aliphatic heterocycles. The van der Waals surface area contributed by atoms with Crippen molar-refractivity contribution in [1.29, 1.82) is 0 Å². The topological polar surface area (TPSA) is 15.6 Å². The molecule has 2 nitrogen and oxygen atoms in total. The minimum Gasteiger partial charge on any atom is -0.211 e. The van der Waals surface area contributed by atoms with Crippen molar-refractivity contribution in [3.63, 3.8) is 0 Å². The number of halogens is 1. The highest BCUT2D eigenvalue weighted by Gasteiger charge is 2.04. The summed E-state index contributed by atoms with van der Waals surface area (Å²) in [4.78, 5) is 0. The lowest BCUT2D eigenvalue weighted by molar-refractivity contribution is 0.642. The van der Waals surface area contributed by atoms with Crippen molar-refractivity contribution in [3.8, 4) is 0 Å². The Hall–Kier alpha value is 0.270. The van der Waals surface area contributed by atoms with E-state index in [-0.39, 0.29) is 0 Å². The summed E-state index contributed by atoms with van der Waals surface area (Å²) in [5.74, 6) is 0. The van der Waals surface area contributed by atoms with Crippen LogP contribution in [0.2, 0.25) is 0 Å². The lowest BCUT2D eigenvalue weighted by Gasteiger charge is -2.02. The Kier molecular flexibility index (Phi) is 1.97. The quantitative estimate of drug-likeness (QED) is 0.305. The maximum absolute atomic E-state index is 5.43. The van der Waals surface area contributed by atoms with Crippen LogP contribution in [0.4, 0.5) is 0 Å². The summed E-state index contributed by atoms with van der Waals surface area (Å²) in [5, 5.41) is 0. The Balaban J connectivity index is 2.22. The molecule has 0 saturated heterocycles. The number of hydrogen-bond acceptors (Lipinski definition) is 3. The third kappa shape index (κ3) is 1.33. The van der Waals surface area contributed by atoms with E-state index in [1.807, 2.05) is 10.5 Å². The van der Waals surface area contributed by atoms with E-state index in [1.54, 1.807) is 0 Å². The van der Waals surface area contributed by atoms with E-state index in [4.69, 9.17) is 11.6 Å². The van der Waals surface area contributed by atoms with Gasteiger partial charge in [-0.3, -0.25) is 0 Å². The molecule has 0 aliphatic carbocycles. The first-order valence-corrected chi connectivity index (χ1v) is 3.20. The van der Waals surface area contributed by atoms with Gasteiger partial charge in [0.25, 0.3) is 0 Å². The number of nitrogens with zero attached hydrogens (tertiary/aromatic N) is 2. The summed E-state index contributed by atoms with van der Waals surface area (Å²) in [5.41, 5.74) is 0. The van der Waals surface area contributed by atoms with Gasteiger partial charge in [0, 0.05) is 12.8 Å². The molecule has 0 bridgehead atoms. The molecule has 0 aromatic carbocycles. The standard InChI is InChI=1S/C3H5ClN2S/c4-3-6-2-1-5-7-6/h1H,2-3H2. The van der Waals surface area contributed by atoms with Crippen molar-refractivity contribution in [2.75, 3.05) is 12.5 Å². The van der Waals surface area contributed by atoms with Crippen LogP contribution in [-0.4, -0.2) is 23.1 Å². The summed E-state index contributed by atoms with van der Waals surface area (Å²) in [6, 6.07) is 0.560. The van der Waals surface area contributed by atoms with Crippen LogP contribution >= 0.6 is 23.7 Å². The zero-order valence-electron chi connectivity index (χ0n) is 3.67. The first-order chi connectivity index (χ1) is 3.43. The van der Waals surface area contributed by atoms with Crippen LogP contribution in [0, 0.1) is 0 Å². The van der Waals surface area contributed by atoms with E-state index in [0.717, 1.165) is 6.54 Å². The molecule has 0 unspecified atom stereocenters. The van der Waals surface area contributed by atoms with Crippen molar-refractivity contribution in [1.82, 2.24) is 4.31 Å². The molecule has 0 aromatic heterocycles. The Morgan fingerprint density at radius 2 is 2.86 bits per heavy atom. The first-order valence-electron chi connectivity index (χ1n) is 1.93. The van der Waals surface area contributed by atoms with E-state index < -0.39 is 0 Å². The molecule has 0 radical (unpaired) electrons. The summed E-state index contributed by atoms with van der Waals surface area (Å²) >= 11 is 6.85. The normalized spacial score (nSPS) is 21.3. The fourth-order valence-electron chi connectivity index (χ4n) is 0.328.